The van der Waals surface area contributed by atoms with Gasteiger partial charge in [-0.05, 0) is 23.7 Å². The molecule has 0 aliphatic rings. The van der Waals surface area contributed by atoms with Crippen LogP contribution in [-0.2, 0) is 4.79 Å². The molecule has 0 aliphatic carbocycles. The number of aromatic nitrogens is 1. The molecule has 2 aromatic rings. The summed E-state index contributed by atoms with van der Waals surface area (Å²) < 4.78 is 5.42. The third-order valence-electron chi connectivity index (χ3n) is 2.11. The first-order valence-electron chi connectivity index (χ1n) is 4.52. The van der Waals surface area contributed by atoms with Crippen LogP contribution in [-0.4, -0.2) is 23.9 Å². The van der Waals surface area contributed by atoms with Gasteiger partial charge in [0.05, 0.1) is 11.2 Å². The summed E-state index contributed by atoms with van der Waals surface area (Å²) in [7, 11) is 1.81. The molecule has 0 spiro atoms. The van der Waals surface area contributed by atoms with Crippen LogP contribution >= 0.6 is 11.5 Å². The van der Waals surface area contributed by atoms with E-state index in [1.807, 2.05) is 31.3 Å². The second-order valence-corrected chi connectivity index (χ2v) is 4.13. The second-order valence-electron chi connectivity index (χ2n) is 3.32. The fourth-order valence-electron chi connectivity index (χ4n) is 1.46. The van der Waals surface area contributed by atoms with Crippen molar-refractivity contribution >= 4 is 33.3 Å². The van der Waals surface area contributed by atoms with E-state index in [2.05, 4.69) is 4.37 Å². The maximum atomic E-state index is 10.8. The Hall–Kier alpha value is -1.62. The molecule has 1 heterocycles. The molecule has 0 aliphatic heterocycles. The van der Waals surface area contributed by atoms with E-state index in [9.17, 15) is 4.79 Å². The zero-order valence-electron chi connectivity index (χ0n) is 8.30. The number of anilines is 1. The normalized spacial score (nSPS) is 10.5. The van der Waals surface area contributed by atoms with Gasteiger partial charge in [-0.1, -0.05) is 12.1 Å². The van der Waals surface area contributed by atoms with E-state index < -0.39 is 0 Å². The van der Waals surface area contributed by atoms with E-state index in [4.69, 9.17) is 5.73 Å². The van der Waals surface area contributed by atoms with Crippen molar-refractivity contribution in [3.63, 3.8) is 0 Å². The highest BCUT2D eigenvalue weighted by Gasteiger charge is 2.11. The topological polar surface area (TPSA) is 59.2 Å². The molecule has 0 fully saturated rings. The second kappa shape index (κ2) is 3.86. The van der Waals surface area contributed by atoms with Crippen molar-refractivity contribution in [2.75, 3.05) is 18.5 Å². The predicted octanol–water partition coefficient (Wildman–Crippen LogP) is 1.22. The number of carbonyl (C=O) groups excluding carboxylic acids is 1. The van der Waals surface area contributed by atoms with Gasteiger partial charge in [-0.25, -0.2) is 0 Å². The van der Waals surface area contributed by atoms with Crippen molar-refractivity contribution in [3.05, 3.63) is 24.3 Å². The van der Waals surface area contributed by atoms with Crippen LogP contribution in [0.25, 0.3) is 10.1 Å². The maximum Gasteiger partial charge on any atom is 0.236 e. The number of likely N-dealkylation sites (N-methyl/N-ethyl adjacent to an activating group) is 1. The Labute approximate surface area is 91.5 Å². The summed E-state index contributed by atoms with van der Waals surface area (Å²) in [4.78, 5) is 12.6. The van der Waals surface area contributed by atoms with E-state index >= 15 is 0 Å². The van der Waals surface area contributed by atoms with E-state index in [0.717, 1.165) is 15.9 Å². The summed E-state index contributed by atoms with van der Waals surface area (Å²) in [6, 6.07) is 7.93. The highest BCUT2D eigenvalue weighted by Crippen LogP contribution is 2.28. The number of primary amides is 1. The molecule has 5 heteroatoms. The molecular formula is C10H11N3OS. The third kappa shape index (κ3) is 1.92. The smallest absolute Gasteiger partial charge is 0.236 e. The highest BCUT2D eigenvalue weighted by molar-refractivity contribution is 7.13. The number of carbonyl (C=O) groups is 1. The summed E-state index contributed by atoms with van der Waals surface area (Å²) in [5.74, 6) is 0.462. The van der Waals surface area contributed by atoms with E-state index in [-0.39, 0.29) is 12.5 Å². The van der Waals surface area contributed by atoms with Crippen LogP contribution in [0, 0.1) is 0 Å². The first-order valence-corrected chi connectivity index (χ1v) is 5.29. The van der Waals surface area contributed by atoms with Gasteiger partial charge in [0.1, 0.15) is 5.82 Å². The number of hydrogen-bond acceptors (Lipinski definition) is 4. The van der Waals surface area contributed by atoms with Crippen LogP contribution in [0.15, 0.2) is 24.3 Å². The summed E-state index contributed by atoms with van der Waals surface area (Å²) in [6.07, 6.45) is 0. The average Bonchev–Trinajstić information content (AvgIpc) is 2.59. The molecule has 2 N–H and O–H groups in total. The highest BCUT2D eigenvalue weighted by atomic mass is 32.1. The molecule has 0 saturated heterocycles. The average molecular weight is 221 g/mol. The minimum Gasteiger partial charge on any atom is -0.368 e. The van der Waals surface area contributed by atoms with Crippen LogP contribution in [0.5, 0.6) is 0 Å². The van der Waals surface area contributed by atoms with Gasteiger partial charge in [0.2, 0.25) is 5.91 Å². The molecule has 0 bridgehead atoms. The van der Waals surface area contributed by atoms with Crippen molar-refractivity contribution in [2.45, 2.75) is 0 Å². The van der Waals surface area contributed by atoms with Gasteiger partial charge in [-0.2, -0.15) is 4.37 Å². The van der Waals surface area contributed by atoms with Gasteiger partial charge in [0.15, 0.2) is 0 Å². The maximum absolute atomic E-state index is 10.8. The molecule has 78 valence electrons. The molecule has 15 heavy (non-hydrogen) atoms. The van der Waals surface area contributed by atoms with Gasteiger partial charge in [0.25, 0.3) is 0 Å². The molecule has 2 rings (SSSR count). The van der Waals surface area contributed by atoms with Gasteiger partial charge >= 0.3 is 0 Å². The molecule has 0 saturated carbocycles. The molecular weight excluding hydrogens is 210 g/mol. The van der Waals surface area contributed by atoms with Crippen LogP contribution < -0.4 is 10.6 Å². The van der Waals surface area contributed by atoms with Crippen molar-refractivity contribution in [1.82, 2.24) is 4.37 Å². The fourth-order valence-corrected chi connectivity index (χ4v) is 2.28. The summed E-state index contributed by atoms with van der Waals surface area (Å²) in [5, 5.41) is 1.06. The Morgan fingerprint density at radius 2 is 2.27 bits per heavy atom. The largest absolute Gasteiger partial charge is 0.368 e. The molecule has 0 atom stereocenters. The Morgan fingerprint density at radius 3 is 3.00 bits per heavy atom. The van der Waals surface area contributed by atoms with Gasteiger partial charge < -0.3 is 10.6 Å². The molecule has 0 radical (unpaired) electrons. The van der Waals surface area contributed by atoms with Crippen molar-refractivity contribution in [2.24, 2.45) is 5.73 Å². The molecule has 1 aromatic carbocycles. The molecule has 0 unspecified atom stereocenters. The van der Waals surface area contributed by atoms with E-state index in [0.29, 0.717) is 0 Å². The van der Waals surface area contributed by atoms with Gasteiger partial charge in [-0.15, -0.1) is 0 Å². The number of fused-ring (bicyclic) bond motifs is 1. The summed E-state index contributed by atoms with van der Waals surface area (Å²) >= 11 is 1.43. The number of amides is 1. The predicted molar refractivity (Wildman–Crippen MR) is 62.1 cm³/mol. The molecule has 1 aromatic heterocycles. The minimum absolute atomic E-state index is 0.188. The SMILES string of the molecule is CN(CC(N)=O)c1nsc2ccccc12. The van der Waals surface area contributed by atoms with Gasteiger partial charge in [-0.3, -0.25) is 4.79 Å². The van der Waals surface area contributed by atoms with Crippen molar-refractivity contribution in [3.8, 4) is 0 Å². The number of rotatable bonds is 3. The quantitative estimate of drug-likeness (QED) is 0.847. The van der Waals surface area contributed by atoms with Gasteiger partial charge in [0, 0.05) is 12.4 Å². The molecule has 4 nitrogen and oxygen atoms in total. The lowest BCUT2D eigenvalue weighted by Gasteiger charge is -2.13. The zero-order valence-corrected chi connectivity index (χ0v) is 9.12. The third-order valence-corrected chi connectivity index (χ3v) is 2.93. The number of hydrogen-bond donors (Lipinski definition) is 1. The van der Waals surface area contributed by atoms with Crippen molar-refractivity contribution in [1.29, 1.82) is 0 Å². The standard InChI is InChI=1S/C10H11N3OS/c1-13(6-9(11)14)10-7-4-2-3-5-8(7)15-12-10/h2-5H,6H2,1H3,(H2,11,14). The number of nitrogens with two attached hydrogens (primary N) is 1. The monoisotopic (exact) mass is 221 g/mol. The van der Waals surface area contributed by atoms with Crippen LogP contribution in [0.3, 0.4) is 0 Å². The summed E-state index contributed by atoms with van der Waals surface area (Å²) in [6.45, 7) is 0.188. The lowest BCUT2D eigenvalue weighted by molar-refractivity contribution is -0.116. The summed E-state index contributed by atoms with van der Waals surface area (Å²) in [5.41, 5.74) is 5.14. The van der Waals surface area contributed by atoms with E-state index in [1.165, 1.54) is 11.5 Å². The first kappa shape index (κ1) is 9.92. The van der Waals surface area contributed by atoms with Crippen LogP contribution in [0.1, 0.15) is 0 Å². The Bertz CT molecular complexity index is 494. The Kier molecular flexibility index (Phi) is 2.55. The zero-order chi connectivity index (χ0) is 10.8. The van der Waals surface area contributed by atoms with E-state index in [1.54, 1.807) is 4.90 Å². The minimum atomic E-state index is -0.352. The number of nitrogens with zero attached hydrogens (tertiary/aromatic N) is 2. The fraction of sp³-hybridized carbons (Fsp3) is 0.200. The van der Waals surface area contributed by atoms with Crippen LogP contribution in [0.4, 0.5) is 5.82 Å². The molecule has 1 amide bonds. The van der Waals surface area contributed by atoms with Crippen LogP contribution in [0.2, 0.25) is 0 Å². The lowest BCUT2D eigenvalue weighted by atomic mass is 10.2. The lowest BCUT2D eigenvalue weighted by Crippen LogP contribution is -2.30. The number of benzene rings is 1. The van der Waals surface area contributed by atoms with Crippen molar-refractivity contribution < 1.29 is 4.79 Å². The first-order chi connectivity index (χ1) is 7.18. The Balaban J connectivity index is 2.39. The Morgan fingerprint density at radius 1 is 1.53 bits per heavy atom.